The molecule has 0 spiro atoms. The molecule has 6 nitrogen and oxygen atoms in total. The summed E-state index contributed by atoms with van der Waals surface area (Å²) < 4.78 is 33.3. The Bertz CT molecular complexity index is 542. The van der Waals surface area contributed by atoms with Crippen molar-refractivity contribution in [1.29, 1.82) is 0 Å². The summed E-state index contributed by atoms with van der Waals surface area (Å²) >= 11 is 0. The number of carbonyl (C=O) groups excluding carboxylic acids is 1. The molecule has 19 heavy (non-hydrogen) atoms. The van der Waals surface area contributed by atoms with Gasteiger partial charge in [0, 0.05) is 0 Å². The molecule has 0 saturated carbocycles. The fraction of sp³-hybridized carbons (Fsp3) is 0.417. The van der Waals surface area contributed by atoms with Crippen LogP contribution in [0.4, 0.5) is 4.79 Å². The first-order valence-electron chi connectivity index (χ1n) is 5.55. The van der Waals surface area contributed by atoms with Gasteiger partial charge in [0.2, 0.25) is 0 Å². The van der Waals surface area contributed by atoms with Gasteiger partial charge >= 0.3 is 16.4 Å². The summed E-state index contributed by atoms with van der Waals surface area (Å²) in [6.07, 6.45) is -1.11. The summed E-state index contributed by atoms with van der Waals surface area (Å²) in [4.78, 5) is 10.8. The van der Waals surface area contributed by atoms with Crippen LogP contribution in [0.5, 0.6) is 5.75 Å². The van der Waals surface area contributed by atoms with Crippen LogP contribution in [0.1, 0.15) is 26.3 Å². The average molecular weight is 287 g/mol. The Labute approximate surface area is 113 Å². The summed E-state index contributed by atoms with van der Waals surface area (Å²) in [7, 11) is -3.16. The van der Waals surface area contributed by atoms with E-state index in [0.29, 0.717) is 0 Å². The second-order valence-corrected chi connectivity index (χ2v) is 6.18. The molecule has 7 heteroatoms. The van der Waals surface area contributed by atoms with Gasteiger partial charge < -0.3 is 8.92 Å². The predicted molar refractivity (Wildman–Crippen MR) is 70.2 cm³/mol. The summed E-state index contributed by atoms with van der Waals surface area (Å²) in [5, 5.41) is 0. The highest BCUT2D eigenvalue weighted by atomic mass is 32.2. The minimum Gasteiger partial charge on any atom is -0.452 e. The van der Waals surface area contributed by atoms with Gasteiger partial charge in [-0.25, -0.2) is 4.79 Å². The Kier molecular flexibility index (Phi) is 4.41. The lowest BCUT2D eigenvalue weighted by atomic mass is 9.87. The Hall–Kier alpha value is -1.76. The summed E-state index contributed by atoms with van der Waals surface area (Å²) in [6.45, 7) is 6.12. The second-order valence-electron chi connectivity index (χ2n) is 4.91. The number of hydrogen-bond acceptors (Lipinski definition) is 5. The number of amides is 1. The number of methoxy groups -OCH3 is 1. The third-order valence-electron chi connectivity index (χ3n) is 2.32. The molecule has 0 heterocycles. The molecule has 0 aromatic heterocycles. The molecule has 106 valence electrons. The van der Waals surface area contributed by atoms with Crippen molar-refractivity contribution < 1.29 is 22.1 Å². The van der Waals surface area contributed by atoms with Crippen LogP contribution in [0.25, 0.3) is 0 Å². The number of ether oxygens (including phenoxy) is 1. The molecule has 0 radical (unpaired) electrons. The quantitative estimate of drug-likeness (QED) is 0.919. The number of benzene rings is 1. The third kappa shape index (κ3) is 4.78. The molecule has 1 aromatic carbocycles. The van der Waals surface area contributed by atoms with E-state index in [9.17, 15) is 13.2 Å². The summed E-state index contributed by atoms with van der Waals surface area (Å²) in [6, 6.07) is 6.58. The topological polar surface area (TPSA) is 81.7 Å². The summed E-state index contributed by atoms with van der Waals surface area (Å²) in [5.41, 5.74) is 1.000. The van der Waals surface area contributed by atoms with E-state index in [-0.39, 0.29) is 11.2 Å². The Morgan fingerprint density at radius 2 is 1.68 bits per heavy atom. The van der Waals surface area contributed by atoms with Crippen molar-refractivity contribution in [3.63, 3.8) is 0 Å². The van der Waals surface area contributed by atoms with E-state index in [1.807, 2.05) is 20.8 Å². The maximum Gasteiger partial charge on any atom is 0.423 e. The highest BCUT2D eigenvalue weighted by Crippen LogP contribution is 2.24. The van der Waals surface area contributed by atoms with Gasteiger partial charge in [-0.2, -0.15) is 13.1 Å². The lowest BCUT2D eigenvalue weighted by Gasteiger charge is -2.19. The third-order valence-corrected chi connectivity index (χ3v) is 3.15. The van der Waals surface area contributed by atoms with Gasteiger partial charge in [-0.3, -0.25) is 0 Å². The SMILES string of the molecule is COC(=O)NS(=O)(=O)Oc1ccc(C(C)(C)C)cc1. The largest absolute Gasteiger partial charge is 0.452 e. The molecule has 0 unspecified atom stereocenters. The van der Waals surface area contributed by atoms with Gasteiger partial charge in [0.25, 0.3) is 0 Å². The first-order valence-corrected chi connectivity index (χ1v) is 6.95. The van der Waals surface area contributed by atoms with Crippen LogP contribution >= 0.6 is 0 Å². The van der Waals surface area contributed by atoms with E-state index in [4.69, 9.17) is 4.18 Å². The number of hydrogen-bond donors (Lipinski definition) is 1. The van der Waals surface area contributed by atoms with Gasteiger partial charge in [0.15, 0.2) is 0 Å². The molecule has 0 atom stereocenters. The van der Waals surface area contributed by atoms with Gasteiger partial charge in [-0.1, -0.05) is 32.9 Å². The van der Waals surface area contributed by atoms with Crippen molar-refractivity contribution in [2.24, 2.45) is 0 Å². The van der Waals surface area contributed by atoms with Crippen LogP contribution in [-0.2, 0) is 20.5 Å². The smallest absolute Gasteiger partial charge is 0.423 e. The van der Waals surface area contributed by atoms with Crippen molar-refractivity contribution in [3.05, 3.63) is 29.8 Å². The molecule has 1 amide bonds. The first-order chi connectivity index (χ1) is 8.64. The maximum atomic E-state index is 11.4. The van der Waals surface area contributed by atoms with Crippen LogP contribution < -0.4 is 8.91 Å². The Balaban J connectivity index is 2.81. The standard InChI is InChI=1S/C12H17NO5S/c1-12(2,3)9-5-7-10(8-6-9)18-19(15,16)13-11(14)17-4/h5-8H,1-4H3,(H,13,14). The lowest BCUT2D eigenvalue weighted by molar-refractivity contribution is 0.177. The van der Waals surface area contributed by atoms with Crippen LogP contribution in [-0.4, -0.2) is 21.6 Å². The van der Waals surface area contributed by atoms with Gasteiger partial charge in [0.05, 0.1) is 7.11 Å². The zero-order valence-electron chi connectivity index (χ0n) is 11.3. The molecule has 0 fully saturated rings. The van der Waals surface area contributed by atoms with E-state index in [1.165, 1.54) is 12.1 Å². The van der Waals surface area contributed by atoms with Crippen molar-refractivity contribution in [2.45, 2.75) is 26.2 Å². The fourth-order valence-electron chi connectivity index (χ4n) is 1.30. The highest BCUT2D eigenvalue weighted by molar-refractivity contribution is 7.85. The number of rotatable bonds is 3. The van der Waals surface area contributed by atoms with E-state index in [0.717, 1.165) is 12.7 Å². The van der Waals surface area contributed by atoms with E-state index in [2.05, 4.69) is 4.74 Å². The predicted octanol–water partition coefficient (Wildman–Crippen LogP) is 1.96. The van der Waals surface area contributed by atoms with E-state index >= 15 is 0 Å². The zero-order chi connectivity index (χ0) is 14.7. The van der Waals surface area contributed by atoms with E-state index < -0.39 is 16.4 Å². The second kappa shape index (κ2) is 5.48. The normalized spacial score (nSPS) is 11.8. The molecular formula is C12H17NO5S. The maximum absolute atomic E-state index is 11.4. The minimum atomic E-state index is -4.22. The minimum absolute atomic E-state index is 0.0400. The molecule has 0 aliphatic carbocycles. The van der Waals surface area contributed by atoms with Crippen LogP contribution in [0, 0.1) is 0 Å². The van der Waals surface area contributed by atoms with Crippen LogP contribution in [0.3, 0.4) is 0 Å². The highest BCUT2D eigenvalue weighted by Gasteiger charge is 2.18. The van der Waals surface area contributed by atoms with Crippen molar-refractivity contribution >= 4 is 16.4 Å². The molecule has 0 bridgehead atoms. The number of carbonyl (C=O) groups is 1. The fourth-order valence-corrected chi connectivity index (χ4v) is 2.00. The molecule has 0 saturated heterocycles. The van der Waals surface area contributed by atoms with Gasteiger partial charge in [-0.15, -0.1) is 0 Å². The molecule has 1 N–H and O–H groups in total. The lowest BCUT2D eigenvalue weighted by Crippen LogP contribution is -2.33. The van der Waals surface area contributed by atoms with Crippen molar-refractivity contribution in [1.82, 2.24) is 4.72 Å². The summed E-state index contributed by atoms with van der Waals surface area (Å²) in [5.74, 6) is 0.115. The molecule has 1 rings (SSSR count). The zero-order valence-corrected chi connectivity index (χ0v) is 12.1. The van der Waals surface area contributed by atoms with E-state index in [1.54, 1.807) is 16.9 Å². The van der Waals surface area contributed by atoms with Crippen molar-refractivity contribution in [2.75, 3.05) is 7.11 Å². The van der Waals surface area contributed by atoms with Crippen LogP contribution in [0.2, 0.25) is 0 Å². The Morgan fingerprint density at radius 3 is 2.11 bits per heavy atom. The molecule has 0 aliphatic heterocycles. The molecular weight excluding hydrogens is 270 g/mol. The molecule has 1 aromatic rings. The van der Waals surface area contributed by atoms with Crippen molar-refractivity contribution in [3.8, 4) is 5.75 Å². The van der Waals surface area contributed by atoms with Crippen LogP contribution in [0.15, 0.2) is 24.3 Å². The van der Waals surface area contributed by atoms with Gasteiger partial charge in [0.1, 0.15) is 5.75 Å². The monoisotopic (exact) mass is 287 g/mol. The molecule has 0 aliphatic rings. The number of nitrogens with one attached hydrogen (secondary N) is 1. The Morgan fingerprint density at radius 1 is 1.16 bits per heavy atom. The first kappa shape index (κ1) is 15.3. The van der Waals surface area contributed by atoms with Gasteiger partial charge in [-0.05, 0) is 23.1 Å². The average Bonchev–Trinajstić information content (AvgIpc) is 2.27.